The summed E-state index contributed by atoms with van der Waals surface area (Å²) in [5, 5.41) is 15.3. The number of aryl methyl sites for hydroxylation is 1. The third-order valence-corrected chi connectivity index (χ3v) is 5.43. The van der Waals surface area contributed by atoms with Crippen molar-refractivity contribution in [2.75, 3.05) is 5.32 Å². The molecule has 0 amide bonds. The molecule has 148 valence electrons. The number of hydrogen-bond acceptors (Lipinski definition) is 4. The van der Waals surface area contributed by atoms with Crippen LogP contribution in [0.5, 0.6) is 5.75 Å². The van der Waals surface area contributed by atoms with Gasteiger partial charge >= 0.3 is 0 Å². The summed E-state index contributed by atoms with van der Waals surface area (Å²) in [4.78, 5) is 0.0933. The fourth-order valence-electron chi connectivity index (χ4n) is 2.44. The molecule has 0 bridgehead atoms. The van der Waals surface area contributed by atoms with Gasteiger partial charge in [-0.25, -0.2) is 0 Å². The van der Waals surface area contributed by atoms with Gasteiger partial charge in [0.2, 0.25) is 0 Å². The second-order valence-corrected chi connectivity index (χ2v) is 8.23. The number of rotatable bonds is 4. The van der Waals surface area contributed by atoms with E-state index in [-0.39, 0.29) is 21.6 Å². The van der Waals surface area contributed by atoms with E-state index in [2.05, 4.69) is 15.0 Å². The number of sulfonamides is 1. The number of phenolic OH excluding ortho intramolecular Hbond substituents is 1. The molecular formula is C21H19N3O3S2. The summed E-state index contributed by atoms with van der Waals surface area (Å²) < 4.78 is 29.6. The first kappa shape index (κ1) is 20.5. The Morgan fingerprint density at radius 3 is 2.17 bits per heavy atom. The van der Waals surface area contributed by atoms with Crippen LogP contribution in [0.4, 0.5) is 5.69 Å². The SMILES string of the molecule is Cc1ccc(S(=O)(=O)N=C(NC(=S)Nc2ccc(O)cc2)c2ccccc2)cc1. The minimum atomic E-state index is -3.94. The van der Waals surface area contributed by atoms with E-state index in [4.69, 9.17) is 12.2 Å². The lowest BCUT2D eigenvalue weighted by molar-refractivity contribution is 0.475. The minimum absolute atomic E-state index is 0.0933. The maximum Gasteiger partial charge on any atom is 0.284 e. The Bertz CT molecular complexity index is 1130. The molecule has 3 rings (SSSR count). The van der Waals surface area contributed by atoms with Gasteiger partial charge in [0.05, 0.1) is 4.90 Å². The van der Waals surface area contributed by atoms with Crippen LogP contribution < -0.4 is 10.6 Å². The van der Waals surface area contributed by atoms with E-state index in [9.17, 15) is 13.5 Å². The molecule has 0 spiro atoms. The van der Waals surface area contributed by atoms with Gasteiger partial charge in [-0.1, -0.05) is 48.0 Å². The smallest absolute Gasteiger partial charge is 0.284 e. The van der Waals surface area contributed by atoms with Gasteiger partial charge in [-0.3, -0.25) is 0 Å². The van der Waals surface area contributed by atoms with Crippen LogP contribution in [0, 0.1) is 6.92 Å². The van der Waals surface area contributed by atoms with E-state index < -0.39 is 10.0 Å². The number of amidine groups is 1. The normalized spacial score (nSPS) is 11.7. The molecule has 0 aliphatic carbocycles. The monoisotopic (exact) mass is 425 g/mol. The van der Waals surface area contributed by atoms with Gasteiger partial charge in [0.15, 0.2) is 10.9 Å². The second-order valence-electron chi connectivity index (χ2n) is 6.22. The van der Waals surface area contributed by atoms with Gasteiger partial charge < -0.3 is 15.7 Å². The number of nitrogens with one attached hydrogen (secondary N) is 2. The molecule has 0 saturated carbocycles. The van der Waals surface area contributed by atoms with Crippen molar-refractivity contribution in [3.63, 3.8) is 0 Å². The number of thiocarbonyl (C=S) groups is 1. The van der Waals surface area contributed by atoms with E-state index in [0.29, 0.717) is 11.3 Å². The van der Waals surface area contributed by atoms with Crippen LogP contribution in [0.15, 0.2) is 88.2 Å². The molecule has 0 aliphatic rings. The Hall–Kier alpha value is -3.23. The first-order chi connectivity index (χ1) is 13.8. The number of benzene rings is 3. The van der Waals surface area contributed by atoms with E-state index in [1.165, 1.54) is 24.3 Å². The molecule has 0 aromatic heterocycles. The zero-order valence-corrected chi connectivity index (χ0v) is 17.2. The van der Waals surface area contributed by atoms with Crippen molar-refractivity contribution in [3.8, 4) is 5.75 Å². The molecule has 0 unspecified atom stereocenters. The number of aromatic hydroxyl groups is 1. The van der Waals surface area contributed by atoms with Gasteiger partial charge in [0.25, 0.3) is 10.0 Å². The molecule has 0 fully saturated rings. The predicted octanol–water partition coefficient (Wildman–Crippen LogP) is 3.82. The van der Waals surface area contributed by atoms with Crippen molar-refractivity contribution in [1.82, 2.24) is 5.32 Å². The first-order valence-corrected chi connectivity index (χ1v) is 10.5. The van der Waals surface area contributed by atoms with Crippen LogP contribution in [-0.4, -0.2) is 24.5 Å². The van der Waals surface area contributed by atoms with Gasteiger partial charge in [0.1, 0.15) is 5.75 Å². The summed E-state index contributed by atoms with van der Waals surface area (Å²) in [6.07, 6.45) is 0. The van der Waals surface area contributed by atoms with Crippen molar-refractivity contribution in [3.05, 3.63) is 90.0 Å². The highest BCUT2D eigenvalue weighted by Gasteiger charge is 2.16. The zero-order chi connectivity index (χ0) is 20.9. The quantitative estimate of drug-likeness (QED) is 0.255. The van der Waals surface area contributed by atoms with Crippen LogP contribution in [-0.2, 0) is 10.0 Å². The van der Waals surface area contributed by atoms with Gasteiger partial charge in [-0.15, -0.1) is 4.40 Å². The van der Waals surface area contributed by atoms with E-state index in [1.54, 1.807) is 48.5 Å². The number of phenols is 1. The average molecular weight is 426 g/mol. The number of nitrogens with zero attached hydrogens (tertiary/aromatic N) is 1. The van der Waals surface area contributed by atoms with Crippen molar-refractivity contribution in [1.29, 1.82) is 0 Å². The summed E-state index contributed by atoms with van der Waals surface area (Å²) in [6.45, 7) is 1.88. The van der Waals surface area contributed by atoms with Crippen LogP contribution in [0.25, 0.3) is 0 Å². The lowest BCUT2D eigenvalue weighted by Crippen LogP contribution is -2.35. The largest absolute Gasteiger partial charge is 0.508 e. The van der Waals surface area contributed by atoms with Crippen LogP contribution >= 0.6 is 12.2 Å². The van der Waals surface area contributed by atoms with Crippen molar-refractivity contribution < 1.29 is 13.5 Å². The molecule has 6 nitrogen and oxygen atoms in total. The third-order valence-electron chi connectivity index (χ3n) is 3.93. The summed E-state index contributed by atoms with van der Waals surface area (Å²) >= 11 is 5.31. The van der Waals surface area contributed by atoms with E-state index in [0.717, 1.165) is 5.56 Å². The fraction of sp³-hybridized carbons (Fsp3) is 0.0476. The molecule has 0 aliphatic heterocycles. The molecule has 3 aromatic rings. The molecular weight excluding hydrogens is 406 g/mol. The molecule has 0 saturated heterocycles. The second kappa shape index (κ2) is 8.85. The molecule has 0 radical (unpaired) electrons. The molecule has 8 heteroatoms. The fourth-order valence-corrected chi connectivity index (χ4v) is 3.63. The summed E-state index contributed by atoms with van der Waals surface area (Å²) in [7, 11) is -3.94. The summed E-state index contributed by atoms with van der Waals surface area (Å²) in [5.74, 6) is 0.229. The Morgan fingerprint density at radius 1 is 0.931 bits per heavy atom. The summed E-state index contributed by atoms with van der Waals surface area (Å²) in [6, 6.07) is 21.6. The van der Waals surface area contributed by atoms with E-state index >= 15 is 0 Å². The lowest BCUT2D eigenvalue weighted by Gasteiger charge is -2.13. The number of hydrogen-bond donors (Lipinski definition) is 3. The van der Waals surface area contributed by atoms with Crippen molar-refractivity contribution >= 4 is 38.9 Å². The van der Waals surface area contributed by atoms with E-state index in [1.807, 2.05) is 13.0 Å². The molecule has 0 heterocycles. The first-order valence-electron chi connectivity index (χ1n) is 8.67. The van der Waals surface area contributed by atoms with Gasteiger partial charge in [0, 0.05) is 11.3 Å². The van der Waals surface area contributed by atoms with Crippen LogP contribution in [0.1, 0.15) is 11.1 Å². The molecule has 29 heavy (non-hydrogen) atoms. The Kier molecular flexibility index (Phi) is 6.26. The lowest BCUT2D eigenvalue weighted by atomic mass is 10.2. The standard InChI is InChI=1S/C21H19N3O3S2/c1-15-7-13-19(14-8-15)29(26,27)24-20(16-5-3-2-4-6-16)23-21(28)22-17-9-11-18(25)12-10-17/h2-14,25H,1H3,(H2,22,23,24,28). The highest BCUT2D eigenvalue weighted by molar-refractivity contribution is 7.90. The predicted molar refractivity (Wildman–Crippen MR) is 119 cm³/mol. The number of anilines is 1. The topological polar surface area (TPSA) is 90.8 Å². The third kappa shape index (κ3) is 5.63. The van der Waals surface area contributed by atoms with Gasteiger partial charge in [-0.2, -0.15) is 8.42 Å². The Labute approximate surface area is 175 Å². The highest BCUT2D eigenvalue weighted by Crippen LogP contribution is 2.16. The van der Waals surface area contributed by atoms with Crippen molar-refractivity contribution in [2.45, 2.75) is 11.8 Å². The van der Waals surface area contributed by atoms with Gasteiger partial charge in [-0.05, 0) is 55.5 Å². The maximum absolute atomic E-state index is 12.8. The molecule has 3 N–H and O–H groups in total. The maximum atomic E-state index is 12.8. The van der Waals surface area contributed by atoms with Crippen LogP contribution in [0.2, 0.25) is 0 Å². The summed E-state index contributed by atoms with van der Waals surface area (Å²) in [5.41, 5.74) is 2.15. The Morgan fingerprint density at radius 2 is 1.55 bits per heavy atom. The zero-order valence-electron chi connectivity index (χ0n) is 15.5. The highest BCUT2D eigenvalue weighted by atomic mass is 32.2. The average Bonchev–Trinajstić information content (AvgIpc) is 2.70. The Balaban J connectivity index is 1.90. The molecule has 0 atom stereocenters. The van der Waals surface area contributed by atoms with Crippen molar-refractivity contribution in [2.24, 2.45) is 4.40 Å². The molecule has 3 aromatic carbocycles. The minimum Gasteiger partial charge on any atom is -0.508 e. The van der Waals surface area contributed by atoms with Crippen LogP contribution in [0.3, 0.4) is 0 Å².